The fourth-order valence-electron chi connectivity index (χ4n) is 1.66. The molecule has 1 amide bonds. The molecule has 0 aliphatic carbocycles. The average Bonchev–Trinajstić information content (AvgIpc) is 2.47. The van der Waals surface area contributed by atoms with Crippen molar-refractivity contribution in [3.8, 4) is 11.4 Å². The van der Waals surface area contributed by atoms with Gasteiger partial charge in [0, 0.05) is 35.6 Å². The van der Waals surface area contributed by atoms with Crippen molar-refractivity contribution >= 4 is 24.0 Å². The van der Waals surface area contributed by atoms with Crippen LogP contribution in [-0.4, -0.2) is 22.4 Å². The third kappa shape index (κ3) is 4.51. The molecule has 1 heterocycles. The number of hydrogen-bond donors (Lipinski definition) is 2. The molecule has 0 aliphatic rings. The van der Waals surface area contributed by atoms with Gasteiger partial charge in [0.25, 0.3) is 0 Å². The molecule has 2 rings (SSSR count). The summed E-state index contributed by atoms with van der Waals surface area (Å²) in [5, 5.41) is 2.82. The Kier molecular flexibility index (Phi) is 6.27. The maximum absolute atomic E-state index is 11.7. The number of nitrogens with one attached hydrogen (secondary N) is 1. The molecule has 0 bridgehead atoms. The Morgan fingerprint density at radius 1 is 1.29 bits per heavy atom. The van der Waals surface area contributed by atoms with E-state index in [1.807, 2.05) is 37.3 Å². The molecule has 0 spiro atoms. The number of carbonyl (C=O) groups excluding carboxylic acids is 1. The van der Waals surface area contributed by atoms with Crippen LogP contribution in [-0.2, 0) is 4.79 Å². The summed E-state index contributed by atoms with van der Waals surface area (Å²) in [6.45, 7) is 4.05. The molecule has 2 aromatic rings. The molecule has 3 N–H and O–H groups in total. The molecule has 112 valence electrons. The smallest absolute Gasteiger partial charge is 0.228 e. The summed E-state index contributed by atoms with van der Waals surface area (Å²) in [5.74, 6) is 0.403. The van der Waals surface area contributed by atoms with E-state index < -0.39 is 0 Å². The fourth-order valence-corrected chi connectivity index (χ4v) is 1.66. The lowest BCUT2D eigenvalue weighted by molar-refractivity contribution is -0.119. The predicted octanol–water partition coefficient (Wildman–Crippen LogP) is 2.41. The summed E-state index contributed by atoms with van der Waals surface area (Å²) in [5.41, 5.74) is 8.04. The molecule has 0 radical (unpaired) electrons. The number of anilines is 1. The van der Waals surface area contributed by atoms with E-state index in [2.05, 4.69) is 15.3 Å². The molecule has 6 heteroatoms. The van der Waals surface area contributed by atoms with Crippen molar-refractivity contribution in [3.05, 3.63) is 42.2 Å². The van der Waals surface area contributed by atoms with Crippen LogP contribution in [0, 0.1) is 12.8 Å². The highest BCUT2D eigenvalue weighted by molar-refractivity contribution is 5.92. The molecule has 1 aromatic carbocycles. The van der Waals surface area contributed by atoms with Gasteiger partial charge in [-0.1, -0.05) is 6.92 Å². The van der Waals surface area contributed by atoms with Crippen LogP contribution in [0.2, 0.25) is 0 Å². The maximum Gasteiger partial charge on any atom is 0.228 e. The van der Waals surface area contributed by atoms with Crippen molar-refractivity contribution < 1.29 is 4.79 Å². The number of rotatable bonds is 4. The van der Waals surface area contributed by atoms with Crippen molar-refractivity contribution in [2.75, 3.05) is 11.9 Å². The van der Waals surface area contributed by atoms with Crippen molar-refractivity contribution in [3.63, 3.8) is 0 Å². The Morgan fingerprint density at radius 3 is 2.52 bits per heavy atom. The standard InChI is InChI=1S/C15H18N4O.ClH/c1-10(9-16)15(20)19-13-5-3-12(4-6-13)14-17-8-7-11(2)18-14;/h3-8,10H,9,16H2,1-2H3,(H,19,20);1H. The zero-order valence-corrected chi connectivity index (χ0v) is 12.9. The number of amides is 1. The van der Waals surface area contributed by atoms with E-state index in [1.54, 1.807) is 13.1 Å². The molecule has 1 unspecified atom stereocenters. The van der Waals surface area contributed by atoms with E-state index in [0.29, 0.717) is 12.4 Å². The van der Waals surface area contributed by atoms with Crippen LogP contribution in [0.4, 0.5) is 5.69 Å². The summed E-state index contributed by atoms with van der Waals surface area (Å²) < 4.78 is 0. The maximum atomic E-state index is 11.7. The first-order chi connectivity index (χ1) is 9.60. The van der Waals surface area contributed by atoms with Crippen LogP contribution in [0.15, 0.2) is 36.5 Å². The number of carbonyl (C=O) groups is 1. The Bertz CT molecular complexity index is 601. The van der Waals surface area contributed by atoms with Crippen LogP contribution < -0.4 is 11.1 Å². The van der Waals surface area contributed by atoms with Gasteiger partial charge in [0.1, 0.15) is 0 Å². The molecule has 0 fully saturated rings. The first-order valence-electron chi connectivity index (χ1n) is 6.51. The molecular weight excluding hydrogens is 288 g/mol. The molecule has 0 saturated heterocycles. The van der Waals surface area contributed by atoms with Crippen LogP contribution in [0.1, 0.15) is 12.6 Å². The summed E-state index contributed by atoms with van der Waals surface area (Å²) >= 11 is 0. The number of hydrogen-bond acceptors (Lipinski definition) is 4. The Balaban J connectivity index is 0.00000220. The molecule has 5 nitrogen and oxygen atoms in total. The first-order valence-corrected chi connectivity index (χ1v) is 6.51. The van der Waals surface area contributed by atoms with E-state index in [4.69, 9.17) is 5.73 Å². The number of nitrogens with two attached hydrogens (primary N) is 1. The van der Waals surface area contributed by atoms with E-state index >= 15 is 0 Å². The van der Waals surface area contributed by atoms with Crippen molar-refractivity contribution in [1.29, 1.82) is 0 Å². The van der Waals surface area contributed by atoms with Crippen LogP contribution in [0.5, 0.6) is 0 Å². The highest BCUT2D eigenvalue weighted by Crippen LogP contribution is 2.18. The van der Waals surface area contributed by atoms with Crippen LogP contribution in [0.3, 0.4) is 0 Å². The topological polar surface area (TPSA) is 80.9 Å². The summed E-state index contributed by atoms with van der Waals surface area (Å²) in [6, 6.07) is 9.30. The van der Waals surface area contributed by atoms with Gasteiger partial charge >= 0.3 is 0 Å². The zero-order valence-electron chi connectivity index (χ0n) is 12.0. The fraction of sp³-hybridized carbons (Fsp3) is 0.267. The minimum atomic E-state index is -0.199. The van der Waals surface area contributed by atoms with Crippen molar-refractivity contribution in [1.82, 2.24) is 9.97 Å². The SMILES string of the molecule is Cc1ccnc(-c2ccc(NC(=O)C(C)CN)cc2)n1.Cl. The van der Waals surface area contributed by atoms with Gasteiger partial charge in [0.2, 0.25) is 5.91 Å². The second-order valence-electron chi connectivity index (χ2n) is 4.72. The Labute approximate surface area is 130 Å². The summed E-state index contributed by atoms with van der Waals surface area (Å²) in [6.07, 6.45) is 1.73. The number of halogens is 1. The van der Waals surface area contributed by atoms with E-state index in [9.17, 15) is 4.79 Å². The molecule has 1 aromatic heterocycles. The Morgan fingerprint density at radius 2 is 1.95 bits per heavy atom. The van der Waals surface area contributed by atoms with Gasteiger partial charge in [-0.3, -0.25) is 4.79 Å². The van der Waals surface area contributed by atoms with E-state index in [1.165, 1.54) is 0 Å². The van der Waals surface area contributed by atoms with Gasteiger partial charge < -0.3 is 11.1 Å². The second kappa shape index (κ2) is 7.71. The molecular formula is C15H19ClN4O. The predicted molar refractivity (Wildman–Crippen MR) is 86.3 cm³/mol. The number of benzene rings is 1. The van der Waals surface area contributed by atoms with Gasteiger partial charge in [0.15, 0.2) is 5.82 Å². The van der Waals surface area contributed by atoms with Crippen molar-refractivity contribution in [2.24, 2.45) is 11.7 Å². The Hall–Kier alpha value is -1.98. The van der Waals surface area contributed by atoms with Crippen LogP contribution >= 0.6 is 12.4 Å². The largest absolute Gasteiger partial charge is 0.330 e. The number of nitrogens with zero attached hydrogens (tertiary/aromatic N) is 2. The lowest BCUT2D eigenvalue weighted by Crippen LogP contribution is -2.26. The van der Waals surface area contributed by atoms with Gasteiger partial charge in [-0.25, -0.2) is 9.97 Å². The van der Waals surface area contributed by atoms with Crippen LogP contribution in [0.25, 0.3) is 11.4 Å². The molecule has 1 atom stereocenters. The zero-order chi connectivity index (χ0) is 14.5. The van der Waals surface area contributed by atoms with E-state index in [-0.39, 0.29) is 24.2 Å². The van der Waals surface area contributed by atoms with Gasteiger partial charge in [-0.15, -0.1) is 12.4 Å². The number of aromatic nitrogens is 2. The molecule has 0 aliphatic heterocycles. The third-order valence-corrected chi connectivity index (χ3v) is 3.01. The average molecular weight is 307 g/mol. The first kappa shape index (κ1) is 17.1. The third-order valence-electron chi connectivity index (χ3n) is 3.01. The van der Waals surface area contributed by atoms with E-state index in [0.717, 1.165) is 16.9 Å². The van der Waals surface area contributed by atoms with Gasteiger partial charge in [-0.2, -0.15) is 0 Å². The highest BCUT2D eigenvalue weighted by Gasteiger charge is 2.10. The molecule has 0 saturated carbocycles. The molecule has 21 heavy (non-hydrogen) atoms. The lowest BCUT2D eigenvalue weighted by Gasteiger charge is -2.10. The summed E-state index contributed by atoms with van der Waals surface area (Å²) in [7, 11) is 0. The normalized spacial score (nSPS) is 11.4. The van der Waals surface area contributed by atoms with Crippen molar-refractivity contribution in [2.45, 2.75) is 13.8 Å². The lowest BCUT2D eigenvalue weighted by atomic mass is 10.1. The minimum absolute atomic E-state index is 0. The minimum Gasteiger partial charge on any atom is -0.330 e. The summed E-state index contributed by atoms with van der Waals surface area (Å²) in [4.78, 5) is 20.3. The van der Waals surface area contributed by atoms with Gasteiger partial charge in [-0.05, 0) is 37.3 Å². The monoisotopic (exact) mass is 306 g/mol. The quantitative estimate of drug-likeness (QED) is 0.909. The number of aryl methyl sites for hydroxylation is 1. The highest BCUT2D eigenvalue weighted by atomic mass is 35.5. The van der Waals surface area contributed by atoms with Gasteiger partial charge in [0.05, 0.1) is 0 Å². The second-order valence-corrected chi connectivity index (χ2v) is 4.72.